The third-order valence-electron chi connectivity index (χ3n) is 10.6. The summed E-state index contributed by atoms with van der Waals surface area (Å²) in [6.07, 6.45) is 0. The van der Waals surface area contributed by atoms with Crippen LogP contribution in [0.5, 0.6) is 0 Å². The van der Waals surface area contributed by atoms with Crippen LogP contribution in [-0.4, -0.2) is 0 Å². The summed E-state index contributed by atoms with van der Waals surface area (Å²) in [6, 6.07) is 79.0. The van der Waals surface area contributed by atoms with Gasteiger partial charge in [0.1, 0.15) is 0 Å². The average Bonchev–Trinajstić information content (AvgIpc) is 3.25. The topological polar surface area (TPSA) is 6.48 Å². The molecule has 0 aromatic heterocycles. The first-order chi connectivity index (χ1) is 26.8. The van der Waals surface area contributed by atoms with Crippen LogP contribution in [0.25, 0.3) is 54.2 Å². The van der Waals surface area contributed by atoms with Crippen molar-refractivity contribution in [1.82, 2.24) is 0 Å². The fraction of sp³-hybridized carbons (Fsp3) is 0. The second-order valence-corrected chi connectivity index (χ2v) is 13.8. The standard InChI is InChI=1S/C52H36N2/c1-3-19-41(20-4-1)53(43-29-27-37-15-7-9-17-39(37)35-43)51-33-31-47(45-23-11-13-25-49(45)51)48-32-34-52(50-26-14-12-24-46(48)50)54(42-21-5-2-6-22-42)44-30-28-38-16-8-10-18-40(38)36-44/h1-36H. The van der Waals surface area contributed by atoms with Crippen LogP contribution in [0.4, 0.5) is 34.1 Å². The van der Waals surface area contributed by atoms with Gasteiger partial charge in [-0.2, -0.15) is 0 Å². The first-order valence-corrected chi connectivity index (χ1v) is 18.5. The summed E-state index contributed by atoms with van der Waals surface area (Å²) in [7, 11) is 0. The van der Waals surface area contributed by atoms with Crippen LogP contribution < -0.4 is 9.80 Å². The van der Waals surface area contributed by atoms with Gasteiger partial charge >= 0.3 is 0 Å². The minimum Gasteiger partial charge on any atom is -0.310 e. The molecule has 254 valence electrons. The SMILES string of the molecule is c1ccc(N(c2ccc3ccccc3c2)c2ccc(-c3ccc(N(c4ccccc4)c4ccc5ccccc5c4)c4ccccc34)c3ccccc23)cc1. The highest BCUT2D eigenvalue weighted by Gasteiger charge is 2.21. The zero-order chi connectivity index (χ0) is 35.8. The lowest BCUT2D eigenvalue weighted by Gasteiger charge is -2.29. The van der Waals surface area contributed by atoms with Gasteiger partial charge in [-0.05, 0) is 104 Å². The molecule has 2 heteroatoms. The number of fused-ring (bicyclic) bond motifs is 4. The molecule has 0 saturated heterocycles. The van der Waals surface area contributed by atoms with E-state index in [0.29, 0.717) is 0 Å². The van der Waals surface area contributed by atoms with Crippen molar-refractivity contribution in [3.05, 3.63) is 218 Å². The molecule has 0 amide bonds. The molecule has 0 fully saturated rings. The molecule has 0 N–H and O–H groups in total. The highest BCUT2D eigenvalue weighted by atomic mass is 15.1. The van der Waals surface area contributed by atoms with Crippen LogP contribution in [0.15, 0.2) is 218 Å². The van der Waals surface area contributed by atoms with Crippen LogP contribution in [-0.2, 0) is 0 Å². The third kappa shape index (κ3) is 5.53. The van der Waals surface area contributed by atoms with Gasteiger partial charge in [-0.1, -0.05) is 158 Å². The minimum atomic E-state index is 1.12. The quantitative estimate of drug-likeness (QED) is 0.164. The van der Waals surface area contributed by atoms with Gasteiger partial charge in [-0.15, -0.1) is 0 Å². The molecule has 0 bridgehead atoms. The van der Waals surface area contributed by atoms with E-state index in [9.17, 15) is 0 Å². The van der Waals surface area contributed by atoms with E-state index >= 15 is 0 Å². The lowest BCUT2D eigenvalue weighted by Crippen LogP contribution is -2.11. The summed E-state index contributed by atoms with van der Waals surface area (Å²) in [5.74, 6) is 0. The van der Waals surface area contributed by atoms with Gasteiger partial charge in [0.25, 0.3) is 0 Å². The Labute approximate surface area is 315 Å². The van der Waals surface area contributed by atoms with Gasteiger partial charge in [0.15, 0.2) is 0 Å². The van der Waals surface area contributed by atoms with Crippen molar-refractivity contribution in [2.75, 3.05) is 9.80 Å². The zero-order valence-electron chi connectivity index (χ0n) is 29.7. The molecule has 0 unspecified atom stereocenters. The summed E-state index contributed by atoms with van der Waals surface area (Å²) in [6.45, 7) is 0. The molecular weight excluding hydrogens is 653 g/mol. The van der Waals surface area contributed by atoms with Crippen LogP contribution in [0.3, 0.4) is 0 Å². The van der Waals surface area contributed by atoms with Gasteiger partial charge in [-0.3, -0.25) is 0 Å². The first-order valence-electron chi connectivity index (χ1n) is 18.5. The van der Waals surface area contributed by atoms with E-state index in [1.165, 1.54) is 54.2 Å². The molecule has 54 heavy (non-hydrogen) atoms. The third-order valence-corrected chi connectivity index (χ3v) is 10.6. The second kappa shape index (κ2) is 13.4. The minimum absolute atomic E-state index is 1.12. The molecule has 0 aliphatic rings. The second-order valence-electron chi connectivity index (χ2n) is 13.8. The van der Waals surface area contributed by atoms with Crippen molar-refractivity contribution in [2.45, 2.75) is 0 Å². The van der Waals surface area contributed by atoms with Gasteiger partial charge < -0.3 is 9.80 Å². The summed E-state index contributed by atoms with van der Waals surface area (Å²) in [5.41, 5.74) is 9.20. The molecule has 0 saturated carbocycles. The van der Waals surface area contributed by atoms with E-state index in [1.807, 2.05) is 0 Å². The number of rotatable bonds is 7. The van der Waals surface area contributed by atoms with E-state index in [1.54, 1.807) is 0 Å². The predicted molar refractivity (Wildman–Crippen MR) is 231 cm³/mol. The van der Waals surface area contributed by atoms with Crippen molar-refractivity contribution in [1.29, 1.82) is 0 Å². The normalized spacial score (nSPS) is 11.3. The lowest BCUT2D eigenvalue weighted by atomic mass is 9.92. The van der Waals surface area contributed by atoms with Crippen LogP contribution in [0.1, 0.15) is 0 Å². The van der Waals surface area contributed by atoms with Gasteiger partial charge in [0.05, 0.1) is 11.4 Å². The van der Waals surface area contributed by atoms with Gasteiger partial charge in [-0.25, -0.2) is 0 Å². The molecule has 0 radical (unpaired) electrons. The number of para-hydroxylation sites is 2. The summed E-state index contributed by atoms with van der Waals surface area (Å²) in [4.78, 5) is 4.78. The van der Waals surface area contributed by atoms with Gasteiger partial charge in [0, 0.05) is 33.5 Å². The maximum Gasteiger partial charge on any atom is 0.0540 e. The van der Waals surface area contributed by atoms with Crippen molar-refractivity contribution in [3.63, 3.8) is 0 Å². The predicted octanol–water partition coefficient (Wildman–Crippen LogP) is 14.9. The van der Waals surface area contributed by atoms with Crippen LogP contribution >= 0.6 is 0 Å². The van der Waals surface area contributed by atoms with E-state index in [0.717, 1.165) is 34.1 Å². The molecule has 0 aliphatic carbocycles. The molecule has 0 aliphatic heterocycles. The maximum absolute atomic E-state index is 2.39. The molecule has 0 atom stereocenters. The summed E-state index contributed by atoms with van der Waals surface area (Å²) < 4.78 is 0. The average molecular weight is 689 g/mol. The van der Waals surface area contributed by atoms with Crippen molar-refractivity contribution >= 4 is 77.2 Å². The number of hydrogen-bond acceptors (Lipinski definition) is 2. The Morgan fingerprint density at radius 3 is 1.00 bits per heavy atom. The van der Waals surface area contributed by atoms with Crippen LogP contribution in [0.2, 0.25) is 0 Å². The molecule has 0 spiro atoms. The van der Waals surface area contributed by atoms with E-state index in [4.69, 9.17) is 0 Å². The Balaban J connectivity index is 1.16. The highest BCUT2D eigenvalue weighted by Crippen LogP contribution is 2.46. The largest absolute Gasteiger partial charge is 0.310 e. The first kappa shape index (κ1) is 31.6. The molecular formula is C52H36N2. The van der Waals surface area contributed by atoms with Crippen LogP contribution in [0, 0.1) is 0 Å². The molecule has 10 aromatic carbocycles. The number of hydrogen-bond donors (Lipinski definition) is 0. The smallest absolute Gasteiger partial charge is 0.0540 e. The van der Waals surface area contributed by atoms with Crippen molar-refractivity contribution < 1.29 is 0 Å². The lowest BCUT2D eigenvalue weighted by molar-refractivity contribution is 1.30. The Kier molecular flexibility index (Phi) is 7.85. The molecule has 10 rings (SSSR count). The van der Waals surface area contributed by atoms with Gasteiger partial charge in [0.2, 0.25) is 0 Å². The highest BCUT2D eigenvalue weighted by molar-refractivity contribution is 6.13. The number of anilines is 6. The number of nitrogens with zero attached hydrogens (tertiary/aromatic N) is 2. The fourth-order valence-corrected chi connectivity index (χ4v) is 8.07. The van der Waals surface area contributed by atoms with E-state index in [2.05, 4.69) is 228 Å². The maximum atomic E-state index is 2.39. The summed E-state index contributed by atoms with van der Waals surface area (Å²) in [5, 5.41) is 9.72. The molecule has 2 nitrogen and oxygen atoms in total. The van der Waals surface area contributed by atoms with E-state index in [-0.39, 0.29) is 0 Å². The van der Waals surface area contributed by atoms with Crippen molar-refractivity contribution in [3.8, 4) is 11.1 Å². The Morgan fingerprint density at radius 2 is 0.574 bits per heavy atom. The monoisotopic (exact) mass is 688 g/mol. The Hall–Kier alpha value is -7.16. The molecule has 0 heterocycles. The zero-order valence-corrected chi connectivity index (χ0v) is 29.7. The Bertz CT molecular complexity index is 2750. The van der Waals surface area contributed by atoms with E-state index < -0.39 is 0 Å². The fourth-order valence-electron chi connectivity index (χ4n) is 8.07. The Morgan fingerprint density at radius 1 is 0.222 bits per heavy atom. The molecule has 10 aromatic rings. The summed E-state index contributed by atoms with van der Waals surface area (Å²) >= 11 is 0. The number of benzene rings is 10. The van der Waals surface area contributed by atoms with Crippen molar-refractivity contribution in [2.24, 2.45) is 0 Å².